The van der Waals surface area contributed by atoms with Crippen molar-refractivity contribution in [1.82, 2.24) is 15.0 Å². The average molecular weight is 457 g/mol. The zero-order valence-corrected chi connectivity index (χ0v) is 17.9. The van der Waals surface area contributed by atoms with Gasteiger partial charge in [-0.2, -0.15) is 18.2 Å². The van der Waals surface area contributed by atoms with Crippen molar-refractivity contribution < 1.29 is 13.2 Å². The fourth-order valence-electron chi connectivity index (χ4n) is 4.13. The van der Waals surface area contributed by atoms with Crippen molar-refractivity contribution in [3.8, 4) is 0 Å². The highest BCUT2D eigenvalue weighted by molar-refractivity contribution is 6.32. The van der Waals surface area contributed by atoms with Crippen LogP contribution in [0.2, 0.25) is 5.02 Å². The lowest BCUT2D eigenvalue weighted by Gasteiger charge is -2.39. The van der Waals surface area contributed by atoms with Gasteiger partial charge in [0.1, 0.15) is 0 Å². The Morgan fingerprint density at radius 2 is 2.00 bits per heavy atom. The molecule has 4 rings (SSSR count). The molecular formula is C20H24ClF3N6O. The number of rotatable bonds is 3. The van der Waals surface area contributed by atoms with Crippen molar-refractivity contribution in [2.45, 2.75) is 32.0 Å². The maximum Gasteiger partial charge on any atom is 0.417 e. The van der Waals surface area contributed by atoms with Crippen molar-refractivity contribution in [1.29, 1.82) is 0 Å². The maximum atomic E-state index is 13.3. The van der Waals surface area contributed by atoms with Crippen LogP contribution in [0.25, 0.3) is 0 Å². The summed E-state index contributed by atoms with van der Waals surface area (Å²) in [6.07, 6.45) is -2.84. The highest BCUT2D eigenvalue weighted by Crippen LogP contribution is 2.41. The van der Waals surface area contributed by atoms with Crippen molar-refractivity contribution >= 4 is 23.4 Å². The summed E-state index contributed by atoms with van der Waals surface area (Å²) in [5, 5.41) is -0.439. The van der Waals surface area contributed by atoms with E-state index < -0.39 is 22.8 Å². The van der Waals surface area contributed by atoms with Gasteiger partial charge in [0.05, 0.1) is 22.2 Å². The number of nitrogens with zero attached hydrogens (tertiary/aromatic N) is 3. The number of benzene rings is 1. The third-order valence-electron chi connectivity index (χ3n) is 6.32. The van der Waals surface area contributed by atoms with Crippen LogP contribution in [0.4, 0.5) is 24.9 Å². The first-order valence-electron chi connectivity index (χ1n) is 9.99. The predicted octanol–water partition coefficient (Wildman–Crippen LogP) is 3.04. The predicted molar refractivity (Wildman–Crippen MR) is 113 cm³/mol. The molecule has 0 bridgehead atoms. The van der Waals surface area contributed by atoms with Crippen molar-refractivity contribution in [3.63, 3.8) is 0 Å². The van der Waals surface area contributed by atoms with Crippen LogP contribution in [0.1, 0.15) is 42.5 Å². The molecule has 0 radical (unpaired) electrons. The Morgan fingerprint density at radius 3 is 2.61 bits per heavy atom. The van der Waals surface area contributed by atoms with E-state index in [4.69, 9.17) is 17.3 Å². The van der Waals surface area contributed by atoms with Crippen molar-refractivity contribution in [2.75, 3.05) is 30.0 Å². The molecule has 4 N–H and O–H groups in total. The van der Waals surface area contributed by atoms with Crippen LogP contribution in [0.5, 0.6) is 0 Å². The molecule has 2 aromatic rings. The maximum absolute atomic E-state index is 13.3. The van der Waals surface area contributed by atoms with Gasteiger partial charge < -0.3 is 16.1 Å². The van der Waals surface area contributed by atoms with E-state index >= 15 is 0 Å². The summed E-state index contributed by atoms with van der Waals surface area (Å²) in [4.78, 5) is 19.9. The Balaban J connectivity index is 1.71. The van der Waals surface area contributed by atoms with Crippen LogP contribution in [-0.4, -0.2) is 29.2 Å². The fraction of sp³-hybridized carbons (Fsp3) is 0.500. The molecule has 2 aliphatic heterocycles. The lowest BCUT2D eigenvalue weighted by Crippen LogP contribution is -2.44. The summed E-state index contributed by atoms with van der Waals surface area (Å²) < 4.78 is 41.3. The number of nitrogens with one attached hydrogen (secondary N) is 2. The standard InChI is InChI=1S/C20H24ClF3N6O/c1-19(10-25)6-8-30(9-7-19)18-26-16-13(17(31)29(18)2)15(27-28-16)11-4-3-5-12(14(11)21)20(22,23)24/h3-5,15,27-28H,6-10,25H2,1-2H3. The van der Waals surface area contributed by atoms with Gasteiger partial charge in [0, 0.05) is 20.1 Å². The average Bonchev–Trinajstić information content (AvgIpc) is 3.14. The number of hydrogen-bond acceptors (Lipinski definition) is 6. The lowest BCUT2D eigenvalue weighted by atomic mass is 9.81. The number of nitrogens with two attached hydrogens (primary N) is 1. The highest BCUT2D eigenvalue weighted by Gasteiger charge is 2.38. The van der Waals surface area contributed by atoms with Crippen LogP contribution in [0.15, 0.2) is 23.0 Å². The van der Waals surface area contributed by atoms with Crippen LogP contribution in [-0.2, 0) is 13.2 Å². The second-order valence-corrected chi connectivity index (χ2v) is 8.83. The molecule has 2 aliphatic rings. The number of alkyl halides is 3. The molecule has 1 aromatic heterocycles. The van der Waals surface area contributed by atoms with Crippen LogP contribution >= 0.6 is 11.6 Å². The molecule has 31 heavy (non-hydrogen) atoms. The highest BCUT2D eigenvalue weighted by atomic mass is 35.5. The lowest BCUT2D eigenvalue weighted by molar-refractivity contribution is -0.137. The molecule has 1 aromatic carbocycles. The molecule has 1 fully saturated rings. The molecular weight excluding hydrogens is 433 g/mol. The van der Waals surface area contributed by atoms with E-state index in [1.165, 1.54) is 16.7 Å². The first-order chi connectivity index (χ1) is 14.6. The minimum Gasteiger partial charge on any atom is -0.342 e. The Bertz CT molecular complexity index is 1060. The third kappa shape index (κ3) is 3.77. The molecule has 1 atom stereocenters. The monoisotopic (exact) mass is 456 g/mol. The zero-order valence-electron chi connectivity index (χ0n) is 17.2. The van der Waals surface area contributed by atoms with Gasteiger partial charge >= 0.3 is 6.18 Å². The Morgan fingerprint density at radius 1 is 1.32 bits per heavy atom. The number of aromatic nitrogens is 2. The van der Waals surface area contributed by atoms with Crippen molar-refractivity contribution in [2.24, 2.45) is 18.2 Å². The molecule has 0 saturated carbocycles. The largest absolute Gasteiger partial charge is 0.417 e. The molecule has 1 saturated heterocycles. The van der Waals surface area contributed by atoms with Gasteiger partial charge in [-0.15, -0.1) is 0 Å². The molecule has 3 heterocycles. The van der Waals surface area contributed by atoms with E-state index in [1.807, 2.05) is 4.90 Å². The quantitative estimate of drug-likeness (QED) is 0.658. The number of anilines is 2. The van der Waals surface area contributed by atoms with Gasteiger partial charge in [0.25, 0.3) is 5.56 Å². The summed E-state index contributed by atoms with van der Waals surface area (Å²) in [7, 11) is 1.62. The zero-order chi connectivity index (χ0) is 22.6. The van der Waals surface area contributed by atoms with E-state index in [-0.39, 0.29) is 22.1 Å². The molecule has 168 valence electrons. The van der Waals surface area contributed by atoms with Crippen LogP contribution in [0, 0.1) is 5.41 Å². The van der Waals surface area contributed by atoms with Gasteiger partial charge in [-0.1, -0.05) is 30.7 Å². The number of hydrogen-bond donors (Lipinski definition) is 3. The third-order valence-corrected chi connectivity index (χ3v) is 6.74. The van der Waals surface area contributed by atoms with Gasteiger partial charge in [0.2, 0.25) is 5.95 Å². The number of halogens is 4. The van der Waals surface area contributed by atoms with E-state index in [1.54, 1.807) is 7.05 Å². The molecule has 11 heteroatoms. The summed E-state index contributed by atoms with van der Waals surface area (Å²) in [6, 6.07) is 2.81. The van der Waals surface area contributed by atoms with Crippen LogP contribution in [0.3, 0.4) is 0 Å². The summed E-state index contributed by atoms with van der Waals surface area (Å²) in [6.45, 7) is 4.17. The molecule has 1 unspecified atom stereocenters. The topological polar surface area (TPSA) is 88.2 Å². The molecule has 0 aliphatic carbocycles. The molecule has 7 nitrogen and oxygen atoms in total. The SMILES string of the molecule is Cn1c(N2CCC(C)(CN)CC2)nc2c(c1=O)C(c1cccc(C(F)(F)F)c1Cl)NN2. The number of hydrazine groups is 1. The second kappa shape index (κ2) is 7.68. The summed E-state index contributed by atoms with van der Waals surface area (Å²) >= 11 is 6.09. The smallest absolute Gasteiger partial charge is 0.342 e. The van der Waals surface area contributed by atoms with E-state index in [2.05, 4.69) is 22.8 Å². The minimum atomic E-state index is -4.60. The molecule has 0 amide bonds. The van der Waals surface area contributed by atoms with Gasteiger partial charge in [-0.25, -0.2) is 5.43 Å². The molecule has 0 spiro atoms. The first kappa shape index (κ1) is 21.9. The summed E-state index contributed by atoms with van der Waals surface area (Å²) in [5.74, 6) is 0.802. The Kier molecular flexibility index (Phi) is 5.43. The van der Waals surface area contributed by atoms with Crippen LogP contribution < -0.4 is 27.0 Å². The van der Waals surface area contributed by atoms with Gasteiger partial charge in [-0.3, -0.25) is 9.36 Å². The fourth-order valence-corrected chi connectivity index (χ4v) is 4.48. The summed E-state index contributed by atoms with van der Waals surface area (Å²) in [5.41, 5.74) is 10.8. The van der Waals surface area contributed by atoms with Crippen molar-refractivity contribution in [3.05, 3.63) is 50.3 Å². The number of piperidine rings is 1. The second-order valence-electron chi connectivity index (χ2n) is 8.45. The normalized spacial score (nSPS) is 20.5. The van der Waals surface area contributed by atoms with Gasteiger partial charge in [0.15, 0.2) is 5.82 Å². The Labute approximate surface area is 182 Å². The van der Waals surface area contributed by atoms with E-state index in [0.29, 0.717) is 31.4 Å². The van der Waals surface area contributed by atoms with E-state index in [0.717, 1.165) is 18.9 Å². The van der Waals surface area contributed by atoms with E-state index in [9.17, 15) is 18.0 Å². The first-order valence-corrected chi connectivity index (χ1v) is 10.4. The minimum absolute atomic E-state index is 0.0667. The Hall–Kier alpha value is -2.30. The van der Waals surface area contributed by atoms with Gasteiger partial charge in [-0.05, 0) is 36.4 Å². The number of fused-ring (bicyclic) bond motifs is 1.